The van der Waals surface area contributed by atoms with Gasteiger partial charge in [-0.3, -0.25) is 0 Å². The van der Waals surface area contributed by atoms with Crippen molar-refractivity contribution in [1.82, 2.24) is 9.61 Å². The third kappa shape index (κ3) is 4.84. The van der Waals surface area contributed by atoms with Gasteiger partial charge >= 0.3 is 0 Å². The zero-order chi connectivity index (χ0) is 25.2. The van der Waals surface area contributed by atoms with E-state index in [9.17, 15) is 5.11 Å². The Morgan fingerprint density at radius 3 is 2.19 bits per heavy atom. The minimum absolute atomic E-state index is 0.591. The van der Waals surface area contributed by atoms with Gasteiger partial charge in [0.2, 0.25) is 0 Å². The molecule has 2 aromatic heterocycles. The van der Waals surface area contributed by atoms with Crippen molar-refractivity contribution in [2.24, 2.45) is 11.8 Å². The SMILES string of the molecule is COc1cc(C(C)O)cc(OC)c1-c1cccc2c(N(CC3CCOCC3)CC3CC3)c(OC)nn12. The van der Waals surface area contributed by atoms with E-state index in [1.807, 2.05) is 28.8 Å². The van der Waals surface area contributed by atoms with Gasteiger partial charge in [-0.15, -0.1) is 5.10 Å². The van der Waals surface area contributed by atoms with Crippen molar-refractivity contribution in [1.29, 1.82) is 0 Å². The summed E-state index contributed by atoms with van der Waals surface area (Å²) in [6, 6.07) is 9.86. The quantitative estimate of drug-likeness (QED) is 0.436. The lowest BCUT2D eigenvalue weighted by molar-refractivity contribution is 0.0681. The van der Waals surface area contributed by atoms with Gasteiger partial charge in [0.15, 0.2) is 0 Å². The van der Waals surface area contributed by atoms with Gasteiger partial charge in [0, 0.05) is 26.3 Å². The van der Waals surface area contributed by atoms with Crippen molar-refractivity contribution < 1.29 is 24.1 Å². The highest BCUT2D eigenvalue weighted by Crippen LogP contribution is 2.44. The smallest absolute Gasteiger partial charge is 0.257 e. The van der Waals surface area contributed by atoms with Crippen LogP contribution in [-0.2, 0) is 4.74 Å². The maximum Gasteiger partial charge on any atom is 0.257 e. The van der Waals surface area contributed by atoms with E-state index in [1.165, 1.54) is 12.8 Å². The van der Waals surface area contributed by atoms with Crippen molar-refractivity contribution in [3.8, 4) is 28.6 Å². The van der Waals surface area contributed by atoms with Gasteiger partial charge in [-0.2, -0.15) is 0 Å². The highest BCUT2D eigenvalue weighted by atomic mass is 16.5. The molecule has 1 aromatic carbocycles. The van der Waals surface area contributed by atoms with E-state index in [2.05, 4.69) is 11.0 Å². The van der Waals surface area contributed by atoms with Crippen LogP contribution in [0.3, 0.4) is 0 Å². The number of pyridine rings is 1. The fourth-order valence-electron chi connectivity index (χ4n) is 5.20. The van der Waals surface area contributed by atoms with E-state index in [0.29, 0.717) is 23.3 Å². The van der Waals surface area contributed by atoms with Crippen LogP contribution in [0.2, 0.25) is 0 Å². The van der Waals surface area contributed by atoms with Crippen molar-refractivity contribution in [2.45, 2.75) is 38.7 Å². The van der Waals surface area contributed by atoms with Gasteiger partial charge in [0.25, 0.3) is 5.88 Å². The normalized spacial score (nSPS) is 17.2. The number of aliphatic hydroxyl groups excluding tert-OH is 1. The average Bonchev–Trinajstić information content (AvgIpc) is 3.64. The number of hydrogen-bond acceptors (Lipinski definition) is 7. The molecule has 1 N–H and O–H groups in total. The van der Waals surface area contributed by atoms with Crippen LogP contribution in [-0.4, -0.2) is 62.4 Å². The molecule has 5 rings (SSSR count). The molecule has 1 saturated carbocycles. The summed E-state index contributed by atoms with van der Waals surface area (Å²) in [4.78, 5) is 2.49. The van der Waals surface area contributed by atoms with Crippen molar-refractivity contribution >= 4 is 11.2 Å². The van der Waals surface area contributed by atoms with Gasteiger partial charge in [-0.05, 0) is 74.3 Å². The summed E-state index contributed by atoms with van der Waals surface area (Å²) in [6.07, 6.45) is 4.08. The van der Waals surface area contributed by atoms with Crippen LogP contribution in [0.5, 0.6) is 17.4 Å². The number of anilines is 1. The number of benzene rings is 1. The predicted molar refractivity (Wildman–Crippen MR) is 139 cm³/mol. The molecular formula is C28H37N3O5. The topological polar surface area (TPSA) is 77.7 Å². The first kappa shape index (κ1) is 24.7. The zero-order valence-electron chi connectivity index (χ0n) is 21.7. The molecule has 0 bridgehead atoms. The Morgan fingerprint density at radius 2 is 1.64 bits per heavy atom. The van der Waals surface area contributed by atoms with Crippen LogP contribution in [0.1, 0.15) is 44.3 Å². The maximum atomic E-state index is 10.2. The van der Waals surface area contributed by atoms with Crippen molar-refractivity contribution in [3.63, 3.8) is 0 Å². The van der Waals surface area contributed by atoms with Crippen LogP contribution in [0.4, 0.5) is 5.69 Å². The molecule has 0 radical (unpaired) electrons. The molecule has 1 aliphatic carbocycles. The number of aliphatic hydroxyl groups is 1. The van der Waals surface area contributed by atoms with E-state index in [0.717, 1.165) is 73.1 Å². The zero-order valence-corrected chi connectivity index (χ0v) is 21.7. The second-order valence-electron chi connectivity index (χ2n) is 9.95. The number of methoxy groups -OCH3 is 3. The van der Waals surface area contributed by atoms with Gasteiger partial charge in [0.1, 0.15) is 17.2 Å². The molecule has 1 saturated heterocycles. The lowest BCUT2D eigenvalue weighted by Crippen LogP contribution is -2.34. The maximum absolute atomic E-state index is 10.2. The van der Waals surface area contributed by atoms with Gasteiger partial charge < -0.3 is 29.0 Å². The fraction of sp³-hybridized carbons (Fsp3) is 0.536. The molecule has 1 aliphatic heterocycles. The molecule has 1 unspecified atom stereocenters. The Balaban J connectivity index is 1.64. The highest BCUT2D eigenvalue weighted by Gasteiger charge is 2.31. The first-order valence-electron chi connectivity index (χ1n) is 12.9. The molecule has 2 aliphatic rings. The van der Waals surface area contributed by atoms with Crippen molar-refractivity contribution in [3.05, 3.63) is 35.9 Å². The minimum atomic E-state index is -0.643. The highest BCUT2D eigenvalue weighted by molar-refractivity contribution is 5.84. The van der Waals surface area contributed by atoms with E-state index >= 15 is 0 Å². The summed E-state index contributed by atoms with van der Waals surface area (Å²) in [7, 11) is 4.95. The van der Waals surface area contributed by atoms with E-state index in [1.54, 1.807) is 28.3 Å². The van der Waals surface area contributed by atoms with Crippen LogP contribution in [0.15, 0.2) is 30.3 Å². The number of fused-ring (bicyclic) bond motifs is 1. The van der Waals surface area contributed by atoms with Gasteiger partial charge in [-0.25, -0.2) is 4.52 Å². The molecule has 2 fully saturated rings. The standard InChI is InChI=1S/C28H37N3O5/c1-18(32)21-14-24(33-2)26(25(15-21)34-3)22-6-5-7-23-27(28(35-4)29-31(22)23)30(16-19-8-9-19)17-20-10-12-36-13-11-20/h5-7,14-15,18-20,32H,8-13,16-17H2,1-4H3. The molecule has 1 atom stereocenters. The summed E-state index contributed by atoms with van der Waals surface area (Å²) in [5.74, 6) is 3.17. The van der Waals surface area contributed by atoms with Crippen LogP contribution >= 0.6 is 0 Å². The van der Waals surface area contributed by atoms with Crippen LogP contribution < -0.4 is 19.1 Å². The average molecular weight is 496 g/mol. The number of nitrogens with zero attached hydrogens (tertiary/aromatic N) is 3. The van der Waals surface area contributed by atoms with E-state index in [-0.39, 0.29) is 0 Å². The Kier molecular flexibility index (Phi) is 7.25. The minimum Gasteiger partial charge on any atom is -0.496 e. The Morgan fingerprint density at radius 1 is 1.00 bits per heavy atom. The second-order valence-corrected chi connectivity index (χ2v) is 9.95. The van der Waals surface area contributed by atoms with Gasteiger partial charge in [0.05, 0.1) is 44.2 Å². The monoisotopic (exact) mass is 495 g/mol. The second kappa shape index (κ2) is 10.6. The predicted octanol–water partition coefficient (Wildman–Crippen LogP) is 4.72. The first-order chi connectivity index (χ1) is 17.5. The van der Waals surface area contributed by atoms with Crippen LogP contribution in [0.25, 0.3) is 16.8 Å². The van der Waals surface area contributed by atoms with Gasteiger partial charge in [-0.1, -0.05) is 6.07 Å². The molecule has 3 heterocycles. The summed E-state index contributed by atoms with van der Waals surface area (Å²) >= 11 is 0. The third-order valence-electron chi connectivity index (χ3n) is 7.37. The molecule has 194 valence electrons. The summed E-state index contributed by atoms with van der Waals surface area (Å²) < 4.78 is 24.9. The van der Waals surface area contributed by atoms with E-state index in [4.69, 9.17) is 24.0 Å². The Hall–Kier alpha value is -2.97. The summed E-state index contributed by atoms with van der Waals surface area (Å²) in [6.45, 7) is 5.37. The Bertz CT molecular complexity index is 1170. The summed E-state index contributed by atoms with van der Waals surface area (Å²) in [5.41, 5.74) is 4.37. The number of aromatic nitrogens is 2. The molecule has 36 heavy (non-hydrogen) atoms. The molecular weight excluding hydrogens is 458 g/mol. The van der Waals surface area contributed by atoms with Crippen LogP contribution in [0, 0.1) is 11.8 Å². The lowest BCUT2D eigenvalue weighted by atomic mass is 9.99. The molecule has 0 amide bonds. The first-order valence-corrected chi connectivity index (χ1v) is 12.9. The lowest BCUT2D eigenvalue weighted by Gasteiger charge is -2.31. The number of rotatable bonds is 10. The largest absolute Gasteiger partial charge is 0.496 e. The van der Waals surface area contributed by atoms with Crippen molar-refractivity contribution in [2.75, 3.05) is 52.5 Å². The van der Waals surface area contributed by atoms with E-state index < -0.39 is 6.10 Å². The molecule has 3 aromatic rings. The third-order valence-corrected chi connectivity index (χ3v) is 7.37. The number of hydrogen-bond donors (Lipinski definition) is 1. The fourth-order valence-corrected chi connectivity index (χ4v) is 5.20. The number of ether oxygens (including phenoxy) is 4. The summed E-state index contributed by atoms with van der Waals surface area (Å²) in [5, 5.41) is 15.1. The Labute approximate surface area is 212 Å². The molecule has 8 nitrogen and oxygen atoms in total. The molecule has 8 heteroatoms. The molecule has 0 spiro atoms.